The van der Waals surface area contributed by atoms with Gasteiger partial charge in [-0.15, -0.1) is 0 Å². The number of β-amino-alcohol motifs (C(OH)–C–C–N with tert-alkyl or cyclic N) is 1. The van der Waals surface area contributed by atoms with E-state index in [1.54, 1.807) is 31.3 Å². The fourth-order valence-corrected chi connectivity index (χ4v) is 1.96. The summed E-state index contributed by atoms with van der Waals surface area (Å²) in [7, 11) is 3.43. The molecule has 0 bridgehead atoms. The lowest BCUT2D eigenvalue weighted by atomic mass is 10.2. The molecule has 16 heavy (non-hydrogen) atoms. The van der Waals surface area contributed by atoms with E-state index in [0.29, 0.717) is 18.8 Å². The molecule has 1 aliphatic heterocycles. The van der Waals surface area contributed by atoms with Crippen LogP contribution < -0.4 is 5.32 Å². The van der Waals surface area contributed by atoms with Crippen molar-refractivity contribution in [3.05, 3.63) is 18.0 Å². The number of carbonyl (C=O) groups is 1. The molecule has 0 saturated carbocycles. The summed E-state index contributed by atoms with van der Waals surface area (Å²) in [5.74, 6) is -0.118. The Balaban J connectivity index is 2.13. The summed E-state index contributed by atoms with van der Waals surface area (Å²) < 4.78 is 1.54. The summed E-state index contributed by atoms with van der Waals surface area (Å²) in [5.41, 5.74) is 0.529. The molecule has 2 N–H and O–H groups in total. The van der Waals surface area contributed by atoms with Crippen molar-refractivity contribution in [1.29, 1.82) is 0 Å². The van der Waals surface area contributed by atoms with E-state index in [0.717, 1.165) is 0 Å². The normalized spacial score (nSPS) is 24.7. The van der Waals surface area contributed by atoms with Gasteiger partial charge in [-0.3, -0.25) is 9.48 Å². The van der Waals surface area contributed by atoms with Crippen LogP contribution in [0, 0.1) is 0 Å². The first-order valence-corrected chi connectivity index (χ1v) is 5.25. The Bertz CT molecular complexity index is 390. The predicted molar refractivity (Wildman–Crippen MR) is 58.0 cm³/mol. The lowest BCUT2D eigenvalue weighted by molar-refractivity contribution is 0.0571. The molecule has 0 radical (unpaired) electrons. The van der Waals surface area contributed by atoms with Crippen molar-refractivity contribution in [2.24, 2.45) is 7.05 Å². The molecule has 2 rings (SSSR count). The van der Waals surface area contributed by atoms with Gasteiger partial charge in [-0.1, -0.05) is 0 Å². The van der Waals surface area contributed by atoms with E-state index in [9.17, 15) is 9.90 Å². The lowest BCUT2D eigenvalue weighted by Crippen LogP contribution is -2.44. The number of hydrogen-bond acceptors (Lipinski definition) is 4. The first-order chi connectivity index (χ1) is 7.61. The zero-order valence-corrected chi connectivity index (χ0v) is 9.42. The molecule has 1 amide bonds. The Morgan fingerprint density at radius 3 is 2.94 bits per heavy atom. The lowest BCUT2D eigenvalue weighted by Gasteiger charge is -2.26. The van der Waals surface area contributed by atoms with E-state index in [2.05, 4.69) is 10.4 Å². The smallest absolute Gasteiger partial charge is 0.272 e. The molecule has 0 unspecified atom stereocenters. The molecule has 2 heterocycles. The number of likely N-dealkylation sites (N-methyl/N-ethyl adjacent to an activating group) is 1. The fourth-order valence-electron chi connectivity index (χ4n) is 1.96. The molecule has 0 aromatic carbocycles. The summed E-state index contributed by atoms with van der Waals surface area (Å²) in [6, 6.07) is 1.51. The van der Waals surface area contributed by atoms with Gasteiger partial charge in [-0.05, 0) is 6.07 Å². The van der Waals surface area contributed by atoms with E-state index >= 15 is 0 Å². The molecule has 6 nitrogen and oxygen atoms in total. The molecule has 1 aliphatic rings. The van der Waals surface area contributed by atoms with Gasteiger partial charge in [0, 0.05) is 33.4 Å². The van der Waals surface area contributed by atoms with Gasteiger partial charge >= 0.3 is 0 Å². The molecule has 1 aromatic heterocycles. The SMILES string of the molecule is CN(C(=O)c1ccnn1C)[C@@H]1CNC[C@H]1O. The van der Waals surface area contributed by atoms with E-state index in [1.165, 1.54) is 4.68 Å². The molecule has 2 atom stereocenters. The molecule has 0 spiro atoms. The highest BCUT2D eigenvalue weighted by Gasteiger charge is 2.32. The third-order valence-electron chi connectivity index (χ3n) is 3.01. The maximum absolute atomic E-state index is 12.1. The van der Waals surface area contributed by atoms with Crippen molar-refractivity contribution in [1.82, 2.24) is 20.0 Å². The highest BCUT2D eigenvalue weighted by Crippen LogP contribution is 2.11. The number of hydrogen-bond donors (Lipinski definition) is 2. The Morgan fingerprint density at radius 1 is 1.69 bits per heavy atom. The van der Waals surface area contributed by atoms with Crippen LogP contribution in [0.2, 0.25) is 0 Å². The van der Waals surface area contributed by atoms with Crippen LogP contribution in [0.3, 0.4) is 0 Å². The summed E-state index contributed by atoms with van der Waals surface area (Å²) in [5, 5.41) is 16.7. The van der Waals surface area contributed by atoms with E-state index in [-0.39, 0.29) is 11.9 Å². The van der Waals surface area contributed by atoms with Gasteiger partial charge in [0.1, 0.15) is 5.69 Å². The second-order valence-corrected chi connectivity index (χ2v) is 4.05. The summed E-state index contributed by atoms with van der Waals surface area (Å²) in [6.07, 6.45) is 1.09. The van der Waals surface area contributed by atoms with Crippen molar-refractivity contribution in [2.45, 2.75) is 12.1 Å². The minimum absolute atomic E-state index is 0.118. The van der Waals surface area contributed by atoms with Gasteiger partial charge in [0.05, 0.1) is 12.1 Å². The van der Waals surface area contributed by atoms with Crippen LogP contribution in [0.5, 0.6) is 0 Å². The predicted octanol–water partition coefficient (Wildman–Crippen LogP) is -1.18. The number of nitrogens with zero attached hydrogens (tertiary/aromatic N) is 3. The Morgan fingerprint density at radius 2 is 2.44 bits per heavy atom. The van der Waals surface area contributed by atoms with E-state index in [1.807, 2.05) is 0 Å². The maximum Gasteiger partial charge on any atom is 0.272 e. The van der Waals surface area contributed by atoms with Gasteiger partial charge in [0.25, 0.3) is 5.91 Å². The molecule has 1 aromatic rings. The van der Waals surface area contributed by atoms with Gasteiger partial charge < -0.3 is 15.3 Å². The Kier molecular flexibility index (Phi) is 2.93. The molecule has 0 aliphatic carbocycles. The number of aromatic nitrogens is 2. The standard InChI is InChI=1S/C10H16N4O2/c1-13(8-5-11-6-9(8)15)10(16)7-3-4-12-14(7)2/h3-4,8-9,11,15H,5-6H2,1-2H3/t8-,9-/m1/s1. The minimum Gasteiger partial charge on any atom is -0.390 e. The van der Waals surface area contributed by atoms with Crippen molar-refractivity contribution < 1.29 is 9.90 Å². The third kappa shape index (κ3) is 1.81. The largest absolute Gasteiger partial charge is 0.390 e. The zero-order chi connectivity index (χ0) is 11.7. The molecular weight excluding hydrogens is 208 g/mol. The van der Waals surface area contributed by atoms with Crippen molar-refractivity contribution in [3.8, 4) is 0 Å². The number of aliphatic hydroxyl groups is 1. The minimum atomic E-state index is -0.498. The third-order valence-corrected chi connectivity index (χ3v) is 3.01. The summed E-state index contributed by atoms with van der Waals surface area (Å²) in [6.45, 7) is 1.16. The topological polar surface area (TPSA) is 70.4 Å². The number of aliphatic hydroxyl groups excluding tert-OH is 1. The zero-order valence-electron chi connectivity index (χ0n) is 9.42. The number of nitrogens with one attached hydrogen (secondary N) is 1. The Labute approximate surface area is 93.9 Å². The van der Waals surface area contributed by atoms with Crippen molar-refractivity contribution in [2.75, 3.05) is 20.1 Å². The van der Waals surface area contributed by atoms with Crippen molar-refractivity contribution in [3.63, 3.8) is 0 Å². The van der Waals surface area contributed by atoms with Gasteiger partial charge in [-0.2, -0.15) is 5.10 Å². The van der Waals surface area contributed by atoms with Crippen molar-refractivity contribution >= 4 is 5.91 Å². The molecule has 6 heteroatoms. The second-order valence-electron chi connectivity index (χ2n) is 4.05. The maximum atomic E-state index is 12.1. The summed E-state index contributed by atoms with van der Waals surface area (Å²) >= 11 is 0. The molecular formula is C10H16N4O2. The number of rotatable bonds is 2. The van der Waals surface area contributed by atoms with Gasteiger partial charge in [0.2, 0.25) is 0 Å². The van der Waals surface area contributed by atoms with Crippen LogP contribution in [0.1, 0.15) is 10.5 Å². The highest BCUT2D eigenvalue weighted by molar-refractivity contribution is 5.92. The molecule has 88 valence electrons. The number of amides is 1. The van der Waals surface area contributed by atoms with Gasteiger partial charge in [0.15, 0.2) is 0 Å². The van der Waals surface area contributed by atoms with Crippen LogP contribution in [0.25, 0.3) is 0 Å². The fraction of sp³-hybridized carbons (Fsp3) is 0.600. The first-order valence-electron chi connectivity index (χ1n) is 5.25. The van der Waals surface area contributed by atoms with E-state index in [4.69, 9.17) is 0 Å². The Hall–Kier alpha value is -1.40. The number of aryl methyl sites for hydroxylation is 1. The average Bonchev–Trinajstić information content (AvgIpc) is 2.85. The van der Waals surface area contributed by atoms with Crippen LogP contribution >= 0.6 is 0 Å². The summed E-state index contributed by atoms with van der Waals surface area (Å²) in [4.78, 5) is 13.7. The average molecular weight is 224 g/mol. The van der Waals surface area contributed by atoms with Crippen LogP contribution in [0.4, 0.5) is 0 Å². The van der Waals surface area contributed by atoms with Crippen LogP contribution in [-0.2, 0) is 7.05 Å². The van der Waals surface area contributed by atoms with Gasteiger partial charge in [-0.25, -0.2) is 0 Å². The number of carbonyl (C=O) groups excluding carboxylic acids is 1. The van der Waals surface area contributed by atoms with E-state index < -0.39 is 6.10 Å². The second kappa shape index (κ2) is 4.23. The highest BCUT2D eigenvalue weighted by atomic mass is 16.3. The molecule has 1 saturated heterocycles. The first kappa shape index (κ1) is 11.1. The van der Waals surface area contributed by atoms with Crippen LogP contribution in [0.15, 0.2) is 12.3 Å². The monoisotopic (exact) mass is 224 g/mol. The van der Waals surface area contributed by atoms with Crippen LogP contribution in [-0.4, -0.2) is 58.0 Å². The quantitative estimate of drug-likeness (QED) is 0.664. The molecule has 1 fully saturated rings.